The minimum absolute atomic E-state index is 0.0336. The van der Waals surface area contributed by atoms with Crippen molar-refractivity contribution in [3.63, 3.8) is 0 Å². The van der Waals surface area contributed by atoms with Gasteiger partial charge in [0.2, 0.25) is 10.0 Å². The van der Waals surface area contributed by atoms with Gasteiger partial charge in [-0.25, -0.2) is 18.1 Å². The van der Waals surface area contributed by atoms with E-state index in [1.165, 1.54) is 11.3 Å². The Morgan fingerprint density at radius 2 is 2.38 bits per heavy atom. The maximum atomic E-state index is 11.4. The van der Waals surface area contributed by atoms with E-state index in [9.17, 15) is 8.42 Å². The summed E-state index contributed by atoms with van der Waals surface area (Å²) >= 11 is 1.51. The average molecular weight is 264 g/mol. The van der Waals surface area contributed by atoms with Crippen LogP contribution >= 0.6 is 11.3 Å². The molecule has 0 radical (unpaired) electrons. The topological polar surface area (TPSA) is 79.3 Å². The molecule has 2 N–H and O–H groups in total. The summed E-state index contributed by atoms with van der Waals surface area (Å²) in [4.78, 5) is 4.12. The Balaban J connectivity index is 2.39. The maximum absolute atomic E-state index is 11.4. The van der Waals surface area contributed by atoms with Crippen molar-refractivity contribution in [2.24, 2.45) is 0 Å². The molecule has 0 bridgehead atoms. The number of rotatable bonds is 7. The highest BCUT2D eigenvalue weighted by molar-refractivity contribution is 7.89. The predicted octanol–water partition coefficient (Wildman–Crippen LogP) is 0.548. The molecule has 0 fully saturated rings. The molecular weight excluding hydrogens is 248 g/mol. The third-order valence-electron chi connectivity index (χ3n) is 2.05. The summed E-state index contributed by atoms with van der Waals surface area (Å²) in [5.74, 6) is 0.0394. The van der Waals surface area contributed by atoms with Gasteiger partial charge in [0.1, 0.15) is 0 Å². The molecule has 0 amide bonds. The van der Waals surface area contributed by atoms with Crippen molar-refractivity contribution in [2.45, 2.75) is 19.3 Å². The van der Waals surface area contributed by atoms with E-state index in [1.807, 2.05) is 12.3 Å². The molecule has 1 unspecified atom stereocenters. The molecule has 92 valence electrons. The molecule has 0 saturated carbocycles. The number of aromatic nitrogens is 1. The van der Waals surface area contributed by atoms with Crippen LogP contribution in [-0.4, -0.2) is 37.4 Å². The molecule has 1 aromatic rings. The van der Waals surface area contributed by atoms with Gasteiger partial charge in [-0.3, -0.25) is 0 Å². The van der Waals surface area contributed by atoms with Gasteiger partial charge in [0, 0.05) is 30.6 Å². The third-order valence-corrected chi connectivity index (χ3v) is 4.49. The number of aliphatic hydroxyl groups is 1. The van der Waals surface area contributed by atoms with E-state index in [0.717, 1.165) is 5.01 Å². The number of hydrogen-bond donors (Lipinski definition) is 2. The van der Waals surface area contributed by atoms with Gasteiger partial charge in [0.05, 0.1) is 10.8 Å². The van der Waals surface area contributed by atoms with Crippen LogP contribution in [0.2, 0.25) is 0 Å². The van der Waals surface area contributed by atoms with Crippen LogP contribution in [-0.2, 0) is 10.0 Å². The highest BCUT2D eigenvalue weighted by Gasteiger charge is 2.13. The SMILES string of the molecule is CC(CNS(=O)(=O)CCCO)c1nccs1. The minimum Gasteiger partial charge on any atom is -0.396 e. The van der Waals surface area contributed by atoms with Crippen LogP contribution in [0.15, 0.2) is 11.6 Å². The van der Waals surface area contributed by atoms with Crippen LogP contribution in [0, 0.1) is 0 Å². The van der Waals surface area contributed by atoms with Crippen LogP contribution in [0.1, 0.15) is 24.3 Å². The van der Waals surface area contributed by atoms with Gasteiger partial charge in [0.25, 0.3) is 0 Å². The quantitative estimate of drug-likeness (QED) is 0.753. The van der Waals surface area contributed by atoms with Crippen molar-refractivity contribution in [3.05, 3.63) is 16.6 Å². The molecule has 0 aliphatic rings. The normalized spacial score (nSPS) is 13.9. The number of nitrogens with one attached hydrogen (secondary N) is 1. The Kier molecular flexibility index (Phi) is 5.33. The molecule has 5 nitrogen and oxygen atoms in total. The molecule has 0 aromatic carbocycles. The molecular formula is C9H16N2O3S2. The lowest BCUT2D eigenvalue weighted by molar-refractivity contribution is 0.295. The lowest BCUT2D eigenvalue weighted by Gasteiger charge is -2.10. The maximum Gasteiger partial charge on any atom is 0.211 e. The summed E-state index contributed by atoms with van der Waals surface area (Å²) < 4.78 is 25.4. The van der Waals surface area contributed by atoms with E-state index in [1.54, 1.807) is 6.20 Å². The van der Waals surface area contributed by atoms with Gasteiger partial charge in [0.15, 0.2) is 0 Å². The molecule has 7 heteroatoms. The lowest BCUT2D eigenvalue weighted by Crippen LogP contribution is -2.30. The minimum atomic E-state index is -3.26. The highest BCUT2D eigenvalue weighted by Crippen LogP contribution is 2.16. The van der Waals surface area contributed by atoms with Crippen LogP contribution in [0.3, 0.4) is 0 Å². The van der Waals surface area contributed by atoms with Crippen LogP contribution in [0.4, 0.5) is 0 Å². The molecule has 1 rings (SSSR count). The fourth-order valence-corrected chi connectivity index (χ4v) is 3.00. The van der Waals surface area contributed by atoms with E-state index in [-0.39, 0.29) is 24.7 Å². The van der Waals surface area contributed by atoms with E-state index in [2.05, 4.69) is 9.71 Å². The highest BCUT2D eigenvalue weighted by atomic mass is 32.2. The Morgan fingerprint density at radius 1 is 1.62 bits per heavy atom. The monoisotopic (exact) mass is 264 g/mol. The fraction of sp³-hybridized carbons (Fsp3) is 0.667. The number of thiazole rings is 1. The van der Waals surface area contributed by atoms with Crippen LogP contribution < -0.4 is 4.72 Å². The molecule has 1 atom stereocenters. The van der Waals surface area contributed by atoms with Gasteiger partial charge < -0.3 is 5.11 Å². The first kappa shape index (κ1) is 13.6. The van der Waals surface area contributed by atoms with Crippen molar-refractivity contribution in [3.8, 4) is 0 Å². The second-order valence-electron chi connectivity index (χ2n) is 3.52. The zero-order chi connectivity index (χ0) is 12.0. The van der Waals surface area contributed by atoms with E-state index >= 15 is 0 Å². The summed E-state index contributed by atoms with van der Waals surface area (Å²) in [6.07, 6.45) is 1.97. The van der Waals surface area contributed by atoms with Crippen LogP contribution in [0.5, 0.6) is 0 Å². The van der Waals surface area contributed by atoms with Crippen molar-refractivity contribution in [1.29, 1.82) is 0 Å². The summed E-state index contributed by atoms with van der Waals surface area (Å²) in [6, 6.07) is 0. The van der Waals surface area contributed by atoms with Crippen molar-refractivity contribution >= 4 is 21.4 Å². The van der Waals surface area contributed by atoms with E-state index in [0.29, 0.717) is 6.54 Å². The molecule has 1 aromatic heterocycles. The first-order valence-electron chi connectivity index (χ1n) is 5.03. The van der Waals surface area contributed by atoms with Gasteiger partial charge in [-0.1, -0.05) is 6.92 Å². The van der Waals surface area contributed by atoms with E-state index < -0.39 is 10.0 Å². The molecule has 16 heavy (non-hydrogen) atoms. The molecule has 0 aliphatic carbocycles. The smallest absolute Gasteiger partial charge is 0.211 e. The Hall–Kier alpha value is -0.500. The van der Waals surface area contributed by atoms with Gasteiger partial charge in [-0.05, 0) is 6.42 Å². The van der Waals surface area contributed by atoms with E-state index in [4.69, 9.17) is 5.11 Å². The molecule has 1 heterocycles. The second kappa shape index (κ2) is 6.29. The zero-order valence-corrected chi connectivity index (χ0v) is 10.7. The summed E-state index contributed by atoms with van der Waals surface area (Å²) in [7, 11) is -3.26. The first-order valence-corrected chi connectivity index (χ1v) is 7.56. The standard InChI is InChI=1S/C9H16N2O3S2/c1-8(9-10-3-5-15-9)7-11-16(13,14)6-2-4-12/h3,5,8,11-12H,2,4,6-7H2,1H3. The lowest BCUT2D eigenvalue weighted by atomic mass is 10.2. The number of nitrogens with zero attached hydrogens (tertiary/aromatic N) is 1. The summed E-state index contributed by atoms with van der Waals surface area (Å²) in [5.41, 5.74) is 0. The van der Waals surface area contributed by atoms with Gasteiger partial charge in [-0.2, -0.15) is 0 Å². The Labute approximate surface area is 99.6 Å². The molecule has 0 saturated heterocycles. The van der Waals surface area contributed by atoms with Gasteiger partial charge >= 0.3 is 0 Å². The van der Waals surface area contributed by atoms with Crippen LogP contribution in [0.25, 0.3) is 0 Å². The molecule has 0 aliphatic heterocycles. The largest absolute Gasteiger partial charge is 0.396 e. The van der Waals surface area contributed by atoms with Crippen molar-refractivity contribution < 1.29 is 13.5 Å². The third kappa shape index (κ3) is 4.56. The number of hydrogen-bond acceptors (Lipinski definition) is 5. The Bertz CT molecular complexity index is 389. The second-order valence-corrected chi connectivity index (χ2v) is 6.37. The average Bonchev–Trinajstić information content (AvgIpc) is 2.77. The number of sulfonamides is 1. The Morgan fingerprint density at radius 3 is 2.94 bits per heavy atom. The van der Waals surface area contributed by atoms with Crippen molar-refractivity contribution in [2.75, 3.05) is 18.9 Å². The van der Waals surface area contributed by atoms with Gasteiger partial charge in [-0.15, -0.1) is 11.3 Å². The fourth-order valence-electron chi connectivity index (χ4n) is 1.14. The molecule has 0 spiro atoms. The zero-order valence-electron chi connectivity index (χ0n) is 9.09. The van der Waals surface area contributed by atoms with Crippen molar-refractivity contribution in [1.82, 2.24) is 9.71 Å². The first-order chi connectivity index (χ1) is 7.55. The number of aliphatic hydroxyl groups excluding tert-OH is 1. The summed E-state index contributed by atoms with van der Waals surface area (Å²) in [6.45, 7) is 2.16. The predicted molar refractivity (Wildman–Crippen MR) is 64.0 cm³/mol. The summed E-state index contributed by atoms with van der Waals surface area (Å²) in [5, 5.41) is 11.3.